The first kappa shape index (κ1) is 22.2. The molecule has 6 heteroatoms. The number of amides is 1. The number of rotatable bonds is 7. The van der Waals surface area contributed by atoms with Crippen LogP contribution in [0.5, 0.6) is 5.75 Å². The summed E-state index contributed by atoms with van der Waals surface area (Å²) in [5.41, 5.74) is 5.02. The maximum absolute atomic E-state index is 14.7. The second-order valence-corrected chi connectivity index (χ2v) is 9.44. The summed E-state index contributed by atoms with van der Waals surface area (Å²) in [4.78, 5) is 14.6. The van der Waals surface area contributed by atoms with Crippen LogP contribution in [-0.4, -0.2) is 36.3 Å². The van der Waals surface area contributed by atoms with Gasteiger partial charge in [0.15, 0.2) is 0 Å². The summed E-state index contributed by atoms with van der Waals surface area (Å²) in [7, 11) is 0. The van der Waals surface area contributed by atoms with Crippen molar-refractivity contribution in [2.75, 3.05) is 19.3 Å². The molecule has 1 atom stereocenters. The van der Waals surface area contributed by atoms with Crippen molar-refractivity contribution in [2.45, 2.75) is 58.1 Å². The molecule has 1 heterocycles. The van der Waals surface area contributed by atoms with Gasteiger partial charge in [-0.2, -0.15) is 0 Å². The Bertz CT molecular complexity index is 961. The second kappa shape index (κ2) is 9.61. The standard InChI is InChI=1S/C25H31FN2O2S/c1-16-6-7-19(17(2)11-16)14-28-10-4-5-20(15-28)30-24-13-23(26)22(25(29)27-31-3)12-21(24)18-8-9-18/h6-7,11-13,18,20H,4-5,8-10,14-15H2,1-3H3,(H,27,29). The van der Waals surface area contributed by atoms with Crippen LogP contribution in [0.4, 0.5) is 4.39 Å². The molecule has 0 aromatic heterocycles. The fourth-order valence-corrected chi connectivity index (χ4v) is 4.70. The van der Waals surface area contributed by atoms with Crippen LogP contribution < -0.4 is 9.46 Å². The van der Waals surface area contributed by atoms with E-state index in [9.17, 15) is 9.18 Å². The molecule has 1 saturated heterocycles. The van der Waals surface area contributed by atoms with Crippen molar-refractivity contribution < 1.29 is 13.9 Å². The van der Waals surface area contributed by atoms with Crippen LogP contribution in [0.1, 0.15) is 64.2 Å². The summed E-state index contributed by atoms with van der Waals surface area (Å²) in [6, 6.07) is 9.73. The number of hydrogen-bond donors (Lipinski definition) is 1. The highest BCUT2D eigenvalue weighted by Gasteiger charge is 2.31. The number of carbonyl (C=O) groups excluding carboxylic acids is 1. The molecule has 1 saturated carbocycles. The smallest absolute Gasteiger partial charge is 0.264 e. The van der Waals surface area contributed by atoms with Crippen molar-refractivity contribution in [1.82, 2.24) is 9.62 Å². The van der Waals surface area contributed by atoms with E-state index in [0.717, 1.165) is 50.9 Å². The fourth-order valence-electron chi connectivity index (χ4n) is 4.41. The van der Waals surface area contributed by atoms with Crippen LogP contribution in [0, 0.1) is 19.7 Å². The molecule has 1 unspecified atom stereocenters. The molecule has 2 aliphatic rings. The summed E-state index contributed by atoms with van der Waals surface area (Å²) in [5, 5.41) is 0. The van der Waals surface area contributed by atoms with Gasteiger partial charge in [0.05, 0.1) is 5.56 Å². The molecule has 0 spiro atoms. The van der Waals surface area contributed by atoms with Crippen molar-refractivity contribution in [2.24, 2.45) is 0 Å². The van der Waals surface area contributed by atoms with Crippen LogP contribution in [0.25, 0.3) is 0 Å². The predicted octanol–water partition coefficient (Wildman–Crippen LogP) is 5.37. The quantitative estimate of drug-likeness (QED) is 0.585. The van der Waals surface area contributed by atoms with E-state index in [2.05, 4.69) is 41.7 Å². The van der Waals surface area contributed by atoms with Crippen LogP contribution in [-0.2, 0) is 6.54 Å². The van der Waals surface area contributed by atoms with Gasteiger partial charge in [-0.15, -0.1) is 0 Å². The van der Waals surface area contributed by atoms with E-state index in [1.807, 2.05) is 0 Å². The molecule has 1 amide bonds. The largest absolute Gasteiger partial charge is 0.489 e. The van der Waals surface area contributed by atoms with Gasteiger partial charge in [-0.25, -0.2) is 4.39 Å². The Labute approximate surface area is 188 Å². The van der Waals surface area contributed by atoms with Gasteiger partial charge in [-0.1, -0.05) is 35.7 Å². The van der Waals surface area contributed by atoms with Crippen molar-refractivity contribution >= 4 is 17.9 Å². The van der Waals surface area contributed by atoms with Gasteiger partial charge in [0.25, 0.3) is 5.91 Å². The highest BCUT2D eigenvalue weighted by atomic mass is 32.2. The van der Waals surface area contributed by atoms with E-state index >= 15 is 0 Å². The van der Waals surface area contributed by atoms with E-state index in [0.29, 0.717) is 11.7 Å². The molecule has 4 nitrogen and oxygen atoms in total. The van der Waals surface area contributed by atoms with Crippen molar-refractivity contribution in [3.8, 4) is 5.75 Å². The minimum absolute atomic E-state index is 0.0299. The Kier molecular flexibility index (Phi) is 6.87. The number of halogens is 1. The first-order valence-corrected chi connectivity index (χ1v) is 12.3. The van der Waals surface area contributed by atoms with Crippen LogP contribution in [0.3, 0.4) is 0 Å². The lowest BCUT2D eigenvalue weighted by Crippen LogP contribution is -2.40. The highest BCUT2D eigenvalue weighted by molar-refractivity contribution is 7.97. The molecule has 4 rings (SSSR count). The van der Waals surface area contributed by atoms with Crippen molar-refractivity contribution in [3.63, 3.8) is 0 Å². The number of hydrogen-bond acceptors (Lipinski definition) is 4. The van der Waals surface area contributed by atoms with Crippen molar-refractivity contribution in [3.05, 3.63) is 64.0 Å². The van der Waals surface area contributed by atoms with E-state index in [1.54, 1.807) is 12.3 Å². The molecule has 166 valence electrons. The number of likely N-dealkylation sites (tertiary alicyclic amines) is 1. The number of nitrogens with zero attached hydrogens (tertiary/aromatic N) is 1. The number of piperidine rings is 1. The Morgan fingerprint density at radius 1 is 1.23 bits per heavy atom. The highest BCUT2D eigenvalue weighted by Crippen LogP contribution is 2.45. The van der Waals surface area contributed by atoms with E-state index < -0.39 is 11.7 Å². The average Bonchev–Trinajstić information content (AvgIpc) is 3.56. The Morgan fingerprint density at radius 3 is 2.74 bits per heavy atom. The van der Waals surface area contributed by atoms with Gasteiger partial charge in [0.1, 0.15) is 17.7 Å². The molecule has 0 bridgehead atoms. The molecule has 0 radical (unpaired) electrons. The molecular weight excluding hydrogens is 411 g/mol. The average molecular weight is 443 g/mol. The molecule has 2 aromatic rings. The van der Waals surface area contributed by atoms with Gasteiger partial charge in [0.2, 0.25) is 0 Å². The van der Waals surface area contributed by atoms with Gasteiger partial charge in [-0.3, -0.25) is 14.4 Å². The Hall–Kier alpha value is -2.05. The zero-order valence-electron chi connectivity index (χ0n) is 18.5. The maximum atomic E-state index is 14.7. The van der Waals surface area contributed by atoms with Crippen molar-refractivity contribution in [1.29, 1.82) is 0 Å². The lowest BCUT2D eigenvalue weighted by atomic mass is 10.0. The molecule has 31 heavy (non-hydrogen) atoms. The fraction of sp³-hybridized carbons (Fsp3) is 0.480. The molecule has 2 aromatic carbocycles. The van der Waals surface area contributed by atoms with Gasteiger partial charge in [-0.05, 0) is 74.8 Å². The van der Waals surface area contributed by atoms with E-state index in [-0.39, 0.29) is 11.7 Å². The molecular formula is C25H31FN2O2S. The zero-order valence-corrected chi connectivity index (χ0v) is 19.4. The number of ether oxygens (including phenoxy) is 1. The lowest BCUT2D eigenvalue weighted by molar-refractivity contribution is 0.0831. The van der Waals surface area contributed by atoms with E-state index in [4.69, 9.17) is 4.74 Å². The SMILES string of the molecule is CSNC(=O)c1cc(C2CC2)c(OC2CCCN(Cc3ccc(C)cc3C)C2)cc1F. The molecule has 1 aliphatic carbocycles. The van der Waals surface area contributed by atoms with Gasteiger partial charge >= 0.3 is 0 Å². The zero-order chi connectivity index (χ0) is 22.0. The first-order chi connectivity index (χ1) is 14.9. The summed E-state index contributed by atoms with van der Waals surface area (Å²) >= 11 is 1.18. The number of carbonyl (C=O) groups is 1. The third-order valence-corrected chi connectivity index (χ3v) is 6.59. The molecule has 1 aliphatic heterocycles. The summed E-state index contributed by atoms with van der Waals surface area (Å²) in [6.07, 6.45) is 5.93. The summed E-state index contributed by atoms with van der Waals surface area (Å²) in [6.45, 7) is 7.07. The number of aryl methyl sites for hydroxylation is 2. The van der Waals surface area contributed by atoms with Crippen LogP contribution in [0.2, 0.25) is 0 Å². The van der Waals surface area contributed by atoms with Crippen LogP contribution >= 0.6 is 11.9 Å². The predicted molar refractivity (Wildman–Crippen MR) is 124 cm³/mol. The van der Waals surface area contributed by atoms with Gasteiger partial charge in [0, 0.05) is 25.4 Å². The molecule has 1 N–H and O–H groups in total. The van der Waals surface area contributed by atoms with E-state index in [1.165, 1.54) is 34.7 Å². The summed E-state index contributed by atoms with van der Waals surface area (Å²) < 4.78 is 23.7. The maximum Gasteiger partial charge on any atom is 0.264 e. The number of nitrogens with one attached hydrogen (secondary N) is 1. The third kappa shape index (κ3) is 5.42. The lowest BCUT2D eigenvalue weighted by Gasteiger charge is -2.33. The summed E-state index contributed by atoms with van der Waals surface area (Å²) in [5.74, 6) is 0.0649. The number of benzene rings is 2. The Balaban J connectivity index is 1.48. The van der Waals surface area contributed by atoms with Gasteiger partial charge < -0.3 is 4.74 Å². The minimum atomic E-state index is -0.520. The van der Waals surface area contributed by atoms with Crippen LogP contribution in [0.15, 0.2) is 30.3 Å². The normalized spacial score (nSPS) is 19.3. The second-order valence-electron chi connectivity index (χ2n) is 8.83. The molecule has 2 fully saturated rings. The minimum Gasteiger partial charge on any atom is -0.489 e. The monoisotopic (exact) mass is 442 g/mol. The third-order valence-electron chi connectivity index (χ3n) is 6.20. The first-order valence-electron chi connectivity index (χ1n) is 11.1. The topological polar surface area (TPSA) is 41.6 Å². The Morgan fingerprint density at radius 2 is 2.03 bits per heavy atom.